The zero-order chi connectivity index (χ0) is 9.54. The van der Waals surface area contributed by atoms with Crippen molar-refractivity contribution in [3.8, 4) is 0 Å². The van der Waals surface area contributed by atoms with Gasteiger partial charge in [-0.3, -0.25) is 8.37 Å². The van der Waals surface area contributed by atoms with Crippen molar-refractivity contribution in [2.24, 2.45) is 0 Å². The van der Waals surface area contributed by atoms with Crippen molar-refractivity contribution in [2.45, 2.75) is 0 Å². The van der Waals surface area contributed by atoms with Crippen molar-refractivity contribution in [3.05, 3.63) is 31.0 Å². The molecule has 0 amide bonds. The highest BCUT2D eigenvalue weighted by atomic mass is 127. The second-order valence-corrected chi connectivity index (χ2v) is 4.58. The predicted octanol–water partition coefficient (Wildman–Crippen LogP) is 2.53. The maximum atomic E-state index is 4.39. The Morgan fingerprint density at radius 1 is 1.36 bits per heavy atom. The quantitative estimate of drug-likeness (QED) is 0.647. The van der Waals surface area contributed by atoms with E-state index < -0.39 is 0 Å². The van der Waals surface area contributed by atoms with Crippen molar-refractivity contribution < 1.29 is 0 Å². The summed E-state index contributed by atoms with van der Waals surface area (Å²) >= 11 is 2.24. The maximum Gasteiger partial charge on any atom is 0.167 e. The fourth-order valence-electron chi connectivity index (χ4n) is 1.49. The Hall–Kier alpha value is -0.760. The van der Waals surface area contributed by atoms with Crippen LogP contribution in [-0.2, 0) is 0 Å². The SMILES string of the molecule is ISn1ccc2c1ncc1cncn12. The van der Waals surface area contributed by atoms with Crippen molar-refractivity contribution in [1.82, 2.24) is 18.3 Å². The largest absolute Gasteiger partial charge is 0.294 e. The highest BCUT2D eigenvalue weighted by molar-refractivity contribution is 14.2. The normalized spacial score (nSPS) is 11.5. The molecule has 0 aliphatic rings. The Labute approximate surface area is 96.1 Å². The number of aromatic nitrogens is 4. The van der Waals surface area contributed by atoms with Gasteiger partial charge in [0.2, 0.25) is 0 Å². The van der Waals surface area contributed by atoms with Gasteiger partial charge in [0.05, 0.1) is 29.8 Å². The van der Waals surface area contributed by atoms with E-state index in [9.17, 15) is 0 Å². The second kappa shape index (κ2) is 3.13. The predicted molar refractivity (Wildman–Crippen MR) is 65.5 cm³/mol. The lowest BCUT2D eigenvalue weighted by molar-refractivity contribution is 1.18. The summed E-state index contributed by atoms with van der Waals surface area (Å²) in [5.41, 5.74) is 3.08. The molecule has 0 saturated heterocycles. The monoisotopic (exact) mass is 316 g/mol. The smallest absolute Gasteiger partial charge is 0.167 e. The van der Waals surface area contributed by atoms with E-state index in [-0.39, 0.29) is 0 Å². The lowest BCUT2D eigenvalue weighted by atomic mass is 10.5. The molecule has 3 heterocycles. The van der Waals surface area contributed by atoms with Gasteiger partial charge in [-0.1, -0.05) is 0 Å². The number of imidazole rings is 1. The molecule has 6 heteroatoms. The summed E-state index contributed by atoms with van der Waals surface area (Å²) in [6.45, 7) is 0. The fraction of sp³-hybridized carbons (Fsp3) is 0. The summed E-state index contributed by atoms with van der Waals surface area (Å²) in [7, 11) is 1.61. The van der Waals surface area contributed by atoms with Crippen LogP contribution in [0.2, 0.25) is 0 Å². The van der Waals surface area contributed by atoms with E-state index in [4.69, 9.17) is 0 Å². The van der Waals surface area contributed by atoms with Crippen molar-refractivity contribution in [2.75, 3.05) is 0 Å². The molecule has 0 radical (unpaired) electrons. The molecule has 0 fully saturated rings. The van der Waals surface area contributed by atoms with Crippen LogP contribution in [0.15, 0.2) is 31.0 Å². The van der Waals surface area contributed by atoms with Gasteiger partial charge in [-0.25, -0.2) is 9.97 Å². The van der Waals surface area contributed by atoms with Crippen LogP contribution in [-0.4, -0.2) is 18.3 Å². The summed E-state index contributed by atoms with van der Waals surface area (Å²) in [4.78, 5) is 8.48. The molecule has 3 aromatic rings. The van der Waals surface area contributed by atoms with Crippen LogP contribution in [0.25, 0.3) is 16.7 Å². The van der Waals surface area contributed by atoms with Crippen LogP contribution >= 0.6 is 30.3 Å². The number of hydrogen-bond acceptors (Lipinski definition) is 3. The molecule has 70 valence electrons. The summed E-state index contributed by atoms with van der Waals surface area (Å²) in [6, 6.07) is 2.04. The van der Waals surface area contributed by atoms with Gasteiger partial charge >= 0.3 is 0 Å². The zero-order valence-electron chi connectivity index (χ0n) is 6.96. The Kier molecular flexibility index (Phi) is 1.91. The van der Waals surface area contributed by atoms with E-state index >= 15 is 0 Å². The first kappa shape index (κ1) is 8.54. The number of rotatable bonds is 1. The summed E-state index contributed by atoms with van der Waals surface area (Å²) in [6.07, 6.45) is 7.45. The van der Waals surface area contributed by atoms with Crippen LogP contribution in [0.4, 0.5) is 0 Å². The Bertz CT molecular complexity index is 599. The maximum absolute atomic E-state index is 4.39. The van der Waals surface area contributed by atoms with Crippen LogP contribution in [0, 0.1) is 0 Å². The molecule has 0 unspecified atom stereocenters. The molecule has 0 bridgehead atoms. The third-order valence-corrected chi connectivity index (χ3v) is 3.84. The van der Waals surface area contributed by atoms with Gasteiger partial charge in [-0.15, -0.1) is 0 Å². The average molecular weight is 316 g/mol. The van der Waals surface area contributed by atoms with Gasteiger partial charge in [0.25, 0.3) is 0 Å². The van der Waals surface area contributed by atoms with E-state index in [0.717, 1.165) is 16.7 Å². The number of nitrogens with zero attached hydrogens (tertiary/aromatic N) is 4. The number of hydrogen-bond donors (Lipinski definition) is 0. The van der Waals surface area contributed by atoms with Gasteiger partial charge in [0, 0.05) is 36.5 Å². The number of halogens is 1. The minimum Gasteiger partial charge on any atom is -0.294 e. The Balaban J connectivity index is 2.52. The molecular weight excluding hydrogens is 311 g/mol. The molecule has 0 aliphatic carbocycles. The minimum atomic E-state index is 0.968. The molecule has 0 atom stereocenters. The molecular formula is C8H5IN4S. The van der Waals surface area contributed by atoms with Crippen molar-refractivity contribution >= 4 is 47.0 Å². The van der Waals surface area contributed by atoms with Crippen molar-refractivity contribution in [3.63, 3.8) is 0 Å². The Morgan fingerprint density at radius 3 is 3.14 bits per heavy atom. The van der Waals surface area contributed by atoms with Gasteiger partial charge in [0.1, 0.15) is 0 Å². The molecule has 4 nitrogen and oxygen atoms in total. The molecule has 0 aliphatic heterocycles. The number of fused-ring (bicyclic) bond motifs is 3. The van der Waals surface area contributed by atoms with E-state index in [1.807, 2.05) is 33.2 Å². The lowest BCUT2D eigenvalue weighted by Crippen LogP contribution is -1.89. The fourth-order valence-corrected chi connectivity index (χ4v) is 2.76. The molecule has 0 saturated carbocycles. The summed E-state index contributed by atoms with van der Waals surface area (Å²) in [5, 5.41) is 0. The molecule has 3 aromatic heterocycles. The van der Waals surface area contributed by atoms with Gasteiger partial charge in [0.15, 0.2) is 5.65 Å². The third kappa shape index (κ3) is 1.07. The van der Waals surface area contributed by atoms with Crippen LogP contribution < -0.4 is 0 Å². The molecule has 14 heavy (non-hydrogen) atoms. The summed E-state index contributed by atoms with van der Waals surface area (Å²) < 4.78 is 4.06. The topological polar surface area (TPSA) is 35.1 Å². The van der Waals surface area contributed by atoms with Crippen LogP contribution in [0.3, 0.4) is 0 Å². The van der Waals surface area contributed by atoms with E-state index in [1.165, 1.54) is 0 Å². The van der Waals surface area contributed by atoms with Gasteiger partial charge in [-0.05, 0) is 6.07 Å². The second-order valence-electron chi connectivity index (χ2n) is 2.87. The molecule has 0 aromatic carbocycles. The first-order valence-electron chi connectivity index (χ1n) is 3.97. The van der Waals surface area contributed by atoms with E-state index in [1.54, 1.807) is 15.3 Å². The van der Waals surface area contributed by atoms with Crippen molar-refractivity contribution in [1.29, 1.82) is 0 Å². The van der Waals surface area contributed by atoms with Crippen LogP contribution in [0.5, 0.6) is 0 Å². The van der Waals surface area contributed by atoms with Gasteiger partial charge in [-0.2, -0.15) is 0 Å². The zero-order valence-corrected chi connectivity index (χ0v) is 9.94. The highest BCUT2D eigenvalue weighted by Gasteiger charge is 2.05. The van der Waals surface area contributed by atoms with E-state index in [0.29, 0.717) is 0 Å². The van der Waals surface area contributed by atoms with E-state index in [2.05, 4.69) is 31.2 Å². The van der Waals surface area contributed by atoms with Gasteiger partial charge < -0.3 is 0 Å². The third-order valence-electron chi connectivity index (χ3n) is 2.13. The summed E-state index contributed by atoms with van der Waals surface area (Å²) in [5.74, 6) is 0. The molecule has 0 N–H and O–H groups in total. The first-order valence-corrected chi connectivity index (χ1v) is 7.29. The standard InChI is InChI=1S/C8H5IN4S/c9-14-13-2-1-7-8(13)11-4-6-3-10-5-12(6)7/h1-5H. The highest BCUT2D eigenvalue weighted by Crippen LogP contribution is 2.23. The Morgan fingerprint density at radius 2 is 2.29 bits per heavy atom. The molecule has 0 spiro atoms. The molecule has 3 rings (SSSR count). The lowest BCUT2D eigenvalue weighted by Gasteiger charge is -1.98. The minimum absolute atomic E-state index is 0.968. The van der Waals surface area contributed by atoms with Crippen LogP contribution in [0.1, 0.15) is 0 Å². The first-order chi connectivity index (χ1) is 6.90. The average Bonchev–Trinajstić information content (AvgIpc) is 2.82.